The van der Waals surface area contributed by atoms with E-state index in [-0.39, 0.29) is 24.7 Å². The summed E-state index contributed by atoms with van der Waals surface area (Å²) in [6.07, 6.45) is 2.38. The van der Waals surface area contributed by atoms with Crippen molar-refractivity contribution in [3.05, 3.63) is 36.5 Å². The van der Waals surface area contributed by atoms with E-state index in [4.69, 9.17) is 5.11 Å². The number of hydrogen-bond acceptors (Lipinski definition) is 3. The molecule has 0 bridgehead atoms. The molecule has 1 aromatic heterocycles. The van der Waals surface area contributed by atoms with Gasteiger partial charge < -0.3 is 10.4 Å². The van der Waals surface area contributed by atoms with Crippen LogP contribution in [0.4, 0.5) is 5.69 Å². The summed E-state index contributed by atoms with van der Waals surface area (Å²) in [6, 6.07) is 9.75. The zero-order chi connectivity index (χ0) is 15.0. The average Bonchev–Trinajstić information content (AvgIpc) is 2.47. The van der Waals surface area contributed by atoms with Crippen LogP contribution in [0.2, 0.25) is 0 Å². The molecule has 2 rings (SSSR count). The highest BCUT2D eigenvalue weighted by Gasteiger charge is 2.00. The van der Waals surface area contributed by atoms with Crippen molar-refractivity contribution in [2.45, 2.75) is 26.7 Å². The van der Waals surface area contributed by atoms with E-state index in [9.17, 15) is 9.59 Å². The Morgan fingerprint density at radius 1 is 1.19 bits per heavy atom. The Kier molecular flexibility index (Phi) is 8.73. The maximum absolute atomic E-state index is 11.2. The normalized spacial score (nSPS) is 9.05. The van der Waals surface area contributed by atoms with Gasteiger partial charge in [-0.2, -0.15) is 0 Å². The van der Waals surface area contributed by atoms with Crippen LogP contribution < -0.4 is 5.32 Å². The lowest BCUT2D eigenvalue weighted by atomic mass is 10.2. The zero-order valence-corrected chi connectivity index (χ0v) is 12.8. The number of aliphatic carboxylic acids is 1. The topological polar surface area (TPSA) is 79.3 Å². The third-order valence-electron chi connectivity index (χ3n) is 2.50. The third-order valence-corrected chi connectivity index (χ3v) is 2.50. The van der Waals surface area contributed by atoms with Crippen molar-refractivity contribution >= 4 is 40.9 Å². The number of fused-ring (bicyclic) bond motifs is 1. The van der Waals surface area contributed by atoms with Crippen LogP contribution in [0.25, 0.3) is 10.9 Å². The van der Waals surface area contributed by atoms with Gasteiger partial charge in [-0.25, -0.2) is 0 Å². The van der Waals surface area contributed by atoms with Gasteiger partial charge in [-0.3, -0.25) is 14.6 Å². The predicted molar refractivity (Wildman–Crippen MR) is 85.8 cm³/mol. The minimum Gasteiger partial charge on any atom is -0.481 e. The van der Waals surface area contributed by atoms with E-state index in [0.717, 1.165) is 16.6 Å². The first-order valence-electron chi connectivity index (χ1n) is 6.43. The number of halogens is 1. The quantitative estimate of drug-likeness (QED) is 0.909. The van der Waals surface area contributed by atoms with Crippen molar-refractivity contribution in [1.82, 2.24) is 4.98 Å². The van der Waals surface area contributed by atoms with E-state index in [1.54, 1.807) is 13.1 Å². The lowest BCUT2D eigenvalue weighted by molar-refractivity contribution is -0.136. The van der Waals surface area contributed by atoms with Crippen LogP contribution in [-0.2, 0) is 9.59 Å². The first-order chi connectivity index (χ1) is 9.56. The summed E-state index contributed by atoms with van der Waals surface area (Å²) in [6.45, 7) is 3.42. The smallest absolute Gasteiger partial charge is 0.303 e. The maximum atomic E-state index is 11.2. The average molecular weight is 311 g/mol. The first kappa shape index (κ1) is 18.9. The van der Waals surface area contributed by atoms with Gasteiger partial charge in [-0.05, 0) is 12.1 Å². The Morgan fingerprint density at radius 2 is 1.81 bits per heavy atom. The SMILES string of the molecule is CCC(=O)Nc1cnc2ccccc2c1.CCC(=O)O.Cl. The van der Waals surface area contributed by atoms with Gasteiger partial charge in [0.25, 0.3) is 0 Å². The van der Waals surface area contributed by atoms with Crippen LogP contribution >= 0.6 is 12.4 Å². The number of anilines is 1. The molecule has 6 heteroatoms. The van der Waals surface area contributed by atoms with Gasteiger partial charge in [0.15, 0.2) is 0 Å². The molecule has 2 N–H and O–H groups in total. The number of carbonyl (C=O) groups is 2. The molecule has 2 aromatic rings. The van der Waals surface area contributed by atoms with Crippen molar-refractivity contribution in [2.75, 3.05) is 5.32 Å². The van der Waals surface area contributed by atoms with E-state index in [1.165, 1.54) is 0 Å². The number of aromatic nitrogens is 1. The number of para-hydroxylation sites is 1. The molecule has 0 spiro atoms. The van der Waals surface area contributed by atoms with Crippen LogP contribution in [0.1, 0.15) is 26.7 Å². The molecule has 0 aliphatic carbocycles. The van der Waals surface area contributed by atoms with E-state index in [2.05, 4.69) is 10.3 Å². The molecular weight excluding hydrogens is 292 g/mol. The molecule has 0 atom stereocenters. The number of nitrogens with zero attached hydrogens (tertiary/aromatic N) is 1. The Labute approximate surface area is 129 Å². The highest BCUT2D eigenvalue weighted by Crippen LogP contribution is 2.15. The van der Waals surface area contributed by atoms with Gasteiger partial charge in [-0.15, -0.1) is 12.4 Å². The van der Waals surface area contributed by atoms with Crippen LogP contribution in [0, 0.1) is 0 Å². The fraction of sp³-hybridized carbons (Fsp3) is 0.267. The summed E-state index contributed by atoms with van der Waals surface area (Å²) in [5, 5.41) is 11.5. The Morgan fingerprint density at radius 3 is 2.38 bits per heavy atom. The molecule has 0 fully saturated rings. The van der Waals surface area contributed by atoms with Crippen molar-refractivity contribution in [1.29, 1.82) is 0 Å². The predicted octanol–water partition coefficient (Wildman–Crippen LogP) is 3.49. The van der Waals surface area contributed by atoms with Gasteiger partial charge in [0.2, 0.25) is 5.91 Å². The lowest BCUT2D eigenvalue weighted by Gasteiger charge is -2.04. The molecule has 0 radical (unpaired) electrons. The standard InChI is InChI=1S/C12H12N2O.C3H6O2.ClH/c1-2-12(15)14-10-7-9-5-3-4-6-11(9)13-8-10;1-2-3(4)5;/h3-8H,2H2,1H3,(H,14,15);2H2,1H3,(H,4,5);1H. The Hall–Kier alpha value is -2.14. The number of nitrogens with one attached hydrogen (secondary N) is 1. The molecule has 1 heterocycles. The lowest BCUT2D eigenvalue weighted by Crippen LogP contribution is -2.09. The maximum Gasteiger partial charge on any atom is 0.303 e. The van der Waals surface area contributed by atoms with Crippen LogP contribution in [-0.4, -0.2) is 22.0 Å². The molecule has 0 aliphatic heterocycles. The summed E-state index contributed by atoms with van der Waals surface area (Å²) in [5.74, 6) is -0.739. The molecule has 0 unspecified atom stereocenters. The summed E-state index contributed by atoms with van der Waals surface area (Å²) in [4.78, 5) is 24.8. The highest BCUT2D eigenvalue weighted by atomic mass is 35.5. The molecular formula is C15H19ClN2O3. The minimum absolute atomic E-state index is 0. The van der Waals surface area contributed by atoms with Gasteiger partial charge in [-0.1, -0.05) is 32.0 Å². The summed E-state index contributed by atoms with van der Waals surface area (Å²) >= 11 is 0. The second-order valence-corrected chi connectivity index (χ2v) is 4.07. The summed E-state index contributed by atoms with van der Waals surface area (Å²) in [5.41, 5.74) is 1.69. The molecule has 114 valence electrons. The number of hydrogen-bond donors (Lipinski definition) is 2. The first-order valence-corrected chi connectivity index (χ1v) is 6.43. The molecule has 0 aliphatic rings. The molecule has 0 saturated carbocycles. The van der Waals surface area contributed by atoms with Crippen molar-refractivity contribution in [3.8, 4) is 0 Å². The molecule has 5 nitrogen and oxygen atoms in total. The second kappa shape index (κ2) is 9.72. The van der Waals surface area contributed by atoms with Gasteiger partial charge in [0.05, 0.1) is 17.4 Å². The molecule has 0 saturated heterocycles. The fourth-order valence-corrected chi connectivity index (χ4v) is 1.39. The van der Waals surface area contributed by atoms with E-state index < -0.39 is 5.97 Å². The number of carbonyl (C=O) groups excluding carboxylic acids is 1. The molecule has 1 aromatic carbocycles. The summed E-state index contributed by atoms with van der Waals surface area (Å²) in [7, 11) is 0. The van der Waals surface area contributed by atoms with E-state index >= 15 is 0 Å². The van der Waals surface area contributed by atoms with E-state index in [1.807, 2.05) is 37.3 Å². The second-order valence-electron chi connectivity index (χ2n) is 4.07. The van der Waals surface area contributed by atoms with Gasteiger partial charge in [0.1, 0.15) is 0 Å². The van der Waals surface area contributed by atoms with Crippen molar-refractivity contribution in [3.63, 3.8) is 0 Å². The highest BCUT2D eigenvalue weighted by molar-refractivity contribution is 5.92. The zero-order valence-electron chi connectivity index (χ0n) is 12.0. The van der Waals surface area contributed by atoms with Gasteiger partial charge >= 0.3 is 5.97 Å². The minimum atomic E-state index is -0.745. The fourth-order valence-electron chi connectivity index (χ4n) is 1.39. The number of carboxylic acids is 1. The third kappa shape index (κ3) is 6.72. The van der Waals surface area contributed by atoms with Crippen molar-refractivity contribution < 1.29 is 14.7 Å². The largest absolute Gasteiger partial charge is 0.481 e. The number of carboxylic acid groups (broad SMARTS) is 1. The number of pyridine rings is 1. The Bertz CT molecular complexity index is 602. The monoisotopic (exact) mass is 310 g/mol. The molecule has 21 heavy (non-hydrogen) atoms. The van der Waals surface area contributed by atoms with Crippen LogP contribution in [0.5, 0.6) is 0 Å². The number of amides is 1. The number of benzene rings is 1. The molecule has 1 amide bonds. The van der Waals surface area contributed by atoms with Crippen LogP contribution in [0.3, 0.4) is 0 Å². The number of rotatable bonds is 3. The van der Waals surface area contributed by atoms with Gasteiger partial charge in [0, 0.05) is 18.2 Å². The van der Waals surface area contributed by atoms with Crippen molar-refractivity contribution in [2.24, 2.45) is 0 Å². The van der Waals surface area contributed by atoms with Crippen LogP contribution in [0.15, 0.2) is 36.5 Å². The van der Waals surface area contributed by atoms with E-state index in [0.29, 0.717) is 6.42 Å². The summed E-state index contributed by atoms with van der Waals surface area (Å²) < 4.78 is 0. The Balaban J connectivity index is 0.000000583.